The van der Waals surface area contributed by atoms with Gasteiger partial charge in [-0.25, -0.2) is 0 Å². The average molecular weight is 278 g/mol. The zero-order chi connectivity index (χ0) is 11.8. The van der Waals surface area contributed by atoms with Crippen LogP contribution in [0.15, 0.2) is 6.07 Å². The van der Waals surface area contributed by atoms with E-state index in [0.29, 0.717) is 0 Å². The van der Waals surface area contributed by atoms with E-state index in [1.807, 2.05) is 6.07 Å². The number of thiophene rings is 1. The number of rotatable bonds is 3. The summed E-state index contributed by atoms with van der Waals surface area (Å²) in [5.74, 6) is 0. The van der Waals surface area contributed by atoms with Crippen LogP contribution in [0.25, 0.3) is 0 Å². The van der Waals surface area contributed by atoms with Crippen molar-refractivity contribution in [2.45, 2.75) is 45.1 Å². The van der Waals surface area contributed by atoms with Gasteiger partial charge in [0.25, 0.3) is 0 Å². The van der Waals surface area contributed by atoms with Crippen LogP contribution < -0.4 is 5.73 Å². The van der Waals surface area contributed by atoms with Gasteiger partial charge in [0.05, 0.1) is 8.67 Å². The van der Waals surface area contributed by atoms with Crippen LogP contribution in [0.3, 0.4) is 0 Å². The molecule has 0 saturated heterocycles. The van der Waals surface area contributed by atoms with E-state index >= 15 is 0 Å². The molecule has 0 aromatic carbocycles. The molecule has 0 radical (unpaired) electrons. The summed E-state index contributed by atoms with van der Waals surface area (Å²) in [5.41, 5.74) is 7.71. The van der Waals surface area contributed by atoms with Crippen molar-refractivity contribution in [1.82, 2.24) is 0 Å². The van der Waals surface area contributed by atoms with Gasteiger partial charge in [-0.1, -0.05) is 43.0 Å². The molecule has 1 saturated carbocycles. The second-order valence-electron chi connectivity index (χ2n) is 4.68. The molecule has 16 heavy (non-hydrogen) atoms. The number of hydrogen-bond donors (Lipinski definition) is 1. The molecule has 1 unspecified atom stereocenters. The van der Waals surface area contributed by atoms with Gasteiger partial charge in [0.1, 0.15) is 0 Å². The van der Waals surface area contributed by atoms with Crippen LogP contribution in [0.2, 0.25) is 8.67 Å². The summed E-state index contributed by atoms with van der Waals surface area (Å²) in [4.78, 5) is 0. The Labute approximate surface area is 111 Å². The van der Waals surface area contributed by atoms with Crippen molar-refractivity contribution in [3.63, 3.8) is 0 Å². The highest BCUT2D eigenvalue weighted by molar-refractivity contribution is 7.20. The fraction of sp³-hybridized carbons (Fsp3) is 0.667. The standard InChI is InChI=1S/C12H17Cl2NS/c1-2-12(5-3-4-6-12)10(15)8-7-9(13)16-11(8)14/h7,10H,2-6,15H2,1H3. The Bertz CT molecular complexity index is 369. The van der Waals surface area contributed by atoms with Crippen LogP contribution in [-0.4, -0.2) is 0 Å². The second-order valence-corrected chi connectivity index (χ2v) is 6.97. The normalized spacial score (nSPS) is 21.2. The summed E-state index contributed by atoms with van der Waals surface area (Å²) in [6, 6.07) is 1.98. The Morgan fingerprint density at radius 1 is 1.44 bits per heavy atom. The predicted molar refractivity (Wildman–Crippen MR) is 72.5 cm³/mol. The largest absolute Gasteiger partial charge is 0.323 e. The summed E-state index contributed by atoms with van der Waals surface area (Å²) in [6.07, 6.45) is 6.13. The van der Waals surface area contributed by atoms with E-state index in [-0.39, 0.29) is 11.5 Å². The fourth-order valence-corrected chi connectivity index (χ4v) is 4.41. The minimum absolute atomic E-state index is 0.0382. The minimum Gasteiger partial charge on any atom is -0.323 e. The first-order valence-corrected chi connectivity index (χ1v) is 7.36. The van der Waals surface area contributed by atoms with Crippen molar-refractivity contribution in [3.8, 4) is 0 Å². The maximum Gasteiger partial charge on any atom is 0.0992 e. The van der Waals surface area contributed by atoms with E-state index in [9.17, 15) is 0 Å². The molecule has 1 aliphatic rings. The molecule has 1 fully saturated rings. The Morgan fingerprint density at radius 2 is 2.06 bits per heavy atom. The molecule has 1 aromatic rings. The smallest absolute Gasteiger partial charge is 0.0992 e. The molecule has 0 spiro atoms. The lowest BCUT2D eigenvalue weighted by molar-refractivity contribution is 0.222. The van der Waals surface area contributed by atoms with Gasteiger partial charge in [0, 0.05) is 11.6 Å². The van der Waals surface area contributed by atoms with Gasteiger partial charge in [-0.2, -0.15) is 0 Å². The molecule has 0 amide bonds. The Balaban J connectivity index is 2.29. The maximum absolute atomic E-state index is 6.42. The van der Waals surface area contributed by atoms with Gasteiger partial charge < -0.3 is 5.73 Å². The molecule has 4 heteroatoms. The van der Waals surface area contributed by atoms with Crippen LogP contribution in [-0.2, 0) is 0 Å². The number of nitrogens with two attached hydrogens (primary N) is 1. The predicted octanol–water partition coefficient (Wildman–Crippen LogP) is 5.03. The highest BCUT2D eigenvalue weighted by Crippen LogP contribution is 2.51. The lowest BCUT2D eigenvalue weighted by Gasteiger charge is -2.34. The van der Waals surface area contributed by atoms with Gasteiger partial charge >= 0.3 is 0 Å². The molecular weight excluding hydrogens is 261 g/mol. The molecule has 1 atom stereocenters. The monoisotopic (exact) mass is 277 g/mol. The van der Waals surface area contributed by atoms with Gasteiger partial charge in [-0.05, 0) is 30.7 Å². The SMILES string of the molecule is CCC1(C(N)c2cc(Cl)sc2Cl)CCCC1. The van der Waals surface area contributed by atoms with E-state index in [4.69, 9.17) is 28.9 Å². The Hall–Kier alpha value is 0.240. The van der Waals surface area contributed by atoms with E-state index in [0.717, 1.165) is 20.7 Å². The van der Waals surface area contributed by atoms with Crippen molar-refractivity contribution in [2.24, 2.45) is 11.1 Å². The average Bonchev–Trinajstić information content (AvgIpc) is 2.85. The zero-order valence-corrected chi connectivity index (χ0v) is 11.8. The third-order valence-electron chi connectivity index (χ3n) is 3.98. The summed E-state index contributed by atoms with van der Waals surface area (Å²) in [6.45, 7) is 2.23. The molecule has 0 bridgehead atoms. The number of hydrogen-bond acceptors (Lipinski definition) is 2. The number of halogens is 2. The molecule has 1 aliphatic carbocycles. The molecule has 90 valence electrons. The van der Waals surface area contributed by atoms with E-state index < -0.39 is 0 Å². The van der Waals surface area contributed by atoms with Crippen molar-refractivity contribution >= 4 is 34.5 Å². The van der Waals surface area contributed by atoms with E-state index in [2.05, 4.69) is 6.92 Å². The first-order valence-electron chi connectivity index (χ1n) is 5.79. The molecular formula is C12H17Cl2NS. The summed E-state index contributed by atoms with van der Waals surface area (Å²) < 4.78 is 1.50. The maximum atomic E-state index is 6.42. The van der Waals surface area contributed by atoms with Crippen LogP contribution in [0, 0.1) is 5.41 Å². The van der Waals surface area contributed by atoms with Crippen LogP contribution in [0.5, 0.6) is 0 Å². The second kappa shape index (κ2) is 4.85. The lowest BCUT2D eigenvalue weighted by Crippen LogP contribution is -2.31. The van der Waals surface area contributed by atoms with Crippen LogP contribution in [0.1, 0.15) is 50.6 Å². The summed E-state index contributed by atoms with van der Waals surface area (Å²) >= 11 is 13.6. The Kier molecular flexibility index (Phi) is 3.85. The molecule has 1 heterocycles. The minimum atomic E-state index is 0.0382. The third-order valence-corrected chi connectivity index (χ3v) is 5.50. The van der Waals surface area contributed by atoms with Crippen molar-refractivity contribution in [2.75, 3.05) is 0 Å². The van der Waals surface area contributed by atoms with Crippen molar-refractivity contribution < 1.29 is 0 Å². The van der Waals surface area contributed by atoms with Crippen molar-refractivity contribution in [1.29, 1.82) is 0 Å². The van der Waals surface area contributed by atoms with Crippen LogP contribution >= 0.6 is 34.5 Å². The van der Waals surface area contributed by atoms with Gasteiger partial charge in [-0.3, -0.25) is 0 Å². The first-order chi connectivity index (χ1) is 7.59. The third kappa shape index (κ3) is 2.13. The molecule has 1 aromatic heterocycles. The highest BCUT2D eigenvalue weighted by Gasteiger charge is 2.39. The van der Waals surface area contributed by atoms with Crippen LogP contribution in [0.4, 0.5) is 0 Å². The van der Waals surface area contributed by atoms with Crippen molar-refractivity contribution in [3.05, 3.63) is 20.3 Å². The van der Waals surface area contributed by atoms with Gasteiger partial charge in [0.2, 0.25) is 0 Å². The lowest BCUT2D eigenvalue weighted by atomic mass is 9.74. The van der Waals surface area contributed by atoms with Gasteiger partial charge in [0.15, 0.2) is 0 Å². The quantitative estimate of drug-likeness (QED) is 0.824. The van der Waals surface area contributed by atoms with E-state index in [1.54, 1.807) is 0 Å². The summed E-state index contributed by atoms with van der Waals surface area (Å²) in [5, 5.41) is 0. The molecule has 2 N–H and O–H groups in total. The summed E-state index contributed by atoms with van der Waals surface area (Å²) in [7, 11) is 0. The Morgan fingerprint density at radius 3 is 2.50 bits per heavy atom. The van der Waals surface area contributed by atoms with E-state index in [1.165, 1.54) is 37.0 Å². The van der Waals surface area contributed by atoms with Gasteiger partial charge in [-0.15, -0.1) is 11.3 Å². The molecule has 2 rings (SSSR count). The fourth-order valence-electron chi connectivity index (χ4n) is 2.86. The molecule has 1 nitrogen and oxygen atoms in total. The first kappa shape index (κ1) is 12.7. The molecule has 0 aliphatic heterocycles. The topological polar surface area (TPSA) is 26.0 Å². The zero-order valence-electron chi connectivity index (χ0n) is 9.43. The highest BCUT2D eigenvalue weighted by atomic mass is 35.5.